The lowest BCUT2D eigenvalue weighted by atomic mass is 10.00. The second-order valence-electron chi connectivity index (χ2n) is 15.1. The van der Waals surface area contributed by atoms with E-state index in [4.69, 9.17) is 39.3 Å². The highest BCUT2D eigenvalue weighted by atomic mass is 28.3. The predicted octanol–water partition coefficient (Wildman–Crippen LogP) is 9.50. The topological polar surface area (TPSA) is 108 Å². The third kappa shape index (κ3) is 13.7. The Morgan fingerprint density at radius 3 is 2.33 bits per heavy atom. The van der Waals surface area contributed by atoms with Gasteiger partial charge in [0.1, 0.15) is 41.6 Å². The van der Waals surface area contributed by atoms with Crippen LogP contribution in [0.3, 0.4) is 0 Å². The van der Waals surface area contributed by atoms with Crippen LogP contribution in [-0.4, -0.2) is 71.7 Å². The van der Waals surface area contributed by atoms with E-state index in [9.17, 15) is 9.59 Å². The quantitative estimate of drug-likeness (QED) is 0.0477. The van der Waals surface area contributed by atoms with Crippen molar-refractivity contribution in [1.82, 2.24) is 0 Å². The predicted molar refractivity (Wildman–Crippen MR) is 216 cm³/mol. The zero-order valence-corrected chi connectivity index (χ0v) is 34.7. The Morgan fingerprint density at radius 2 is 1.67 bits per heavy atom. The van der Waals surface area contributed by atoms with E-state index in [1.54, 1.807) is 49.6 Å². The van der Waals surface area contributed by atoms with Crippen molar-refractivity contribution in [3.63, 3.8) is 0 Å². The average molecular weight is 777 g/mol. The number of esters is 2. The van der Waals surface area contributed by atoms with Crippen molar-refractivity contribution in [2.75, 3.05) is 27.6 Å². The lowest BCUT2D eigenvalue weighted by Crippen LogP contribution is -2.37. The molecule has 0 amide bonds. The van der Waals surface area contributed by atoms with Gasteiger partial charge in [0.15, 0.2) is 12.6 Å². The van der Waals surface area contributed by atoms with E-state index in [-0.39, 0.29) is 43.6 Å². The van der Waals surface area contributed by atoms with Crippen molar-refractivity contribution in [3.8, 4) is 17.2 Å². The third-order valence-corrected chi connectivity index (χ3v) is 10.6. The van der Waals surface area contributed by atoms with Crippen molar-refractivity contribution in [1.29, 1.82) is 0 Å². The summed E-state index contributed by atoms with van der Waals surface area (Å²) in [7, 11) is 1.64. The lowest BCUT2D eigenvalue weighted by Gasteiger charge is -2.24. The molecule has 0 aliphatic carbocycles. The van der Waals surface area contributed by atoms with Gasteiger partial charge >= 0.3 is 11.9 Å². The molecule has 4 unspecified atom stereocenters. The molecule has 3 aromatic rings. The maximum Gasteiger partial charge on any atom is 0.342 e. The van der Waals surface area contributed by atoms with E-state index in [0.717, 1.165) is 17.4 Å². The highest BCUT2D eigenvalue weighted by molar-refractivity contribution is 6.76. The molecule has 1 aliphatic rings. The maximum atomic E-state index is 13.8. The van der Waals surface area contributed by atoms with Crippen LogP contribution < -0.4 is 14.2 Å². The van der Waals surface area contributed by atoms with Crippen molar-refractivity contribution in [3.05, 3.63) is 107 Å². The molecule has 10 nitrogen and oxygen atoms in total. The zero-order chi connectivity index (χ0) is 40.9. The number of ether oxygens (including phenoxy) is 8. The summed E-state index contributed by atoms with van der Waals surface area (Å²) < 4.78 is 55.5. The first-order valence-corrected chi connectivity index (χ1v) is 22.4. The number of allylic oxidation sites excluding steroid dienone is 1. The van der Waals surface area contributed by atoms with Crippen LogP contribution >= 0.6 is 0 Å². The van der Waals surface area contributed by atoms with Crippen LogP contribution in [0.4, 0.5) is 0 Å². The fourth-order valence-electron chi connectivity index (χ4n) is 5.72. The van der Waals surface area contributed by atoms with E-state index < -0.39 is 44.1 Å². The SMILES string of the molecule is [3H]C(C)C(C)/C=C\C(OC(=O)c1ccccc1)C1OC(C)(C)O[C@H]1C/C=C/c1cc(OCc2ccc(OC)cc2)cc(OCOC)c1C(=O)OCC[Si](C)(C)C. The minimum Gasteiger partial charge on any atom is -0.497 e. The fourth-order valence-corrected chi connectivity index (χ4v) is 6.44. The monoisotopic (exact) mass is 776 g/mol. The summed E-state index contributed by atoms with van der Waals surface area (Å²) in [6.45, 7) is 14.5. The number of rotatable bonds is 20. The highest BCUT2D eigenvalue weighted by Gasteiger charge is 2.45. The summed E-state index contributed by atoms with van der Waals surface area (Å²) in [6, 6.07) is 20.6. The number of hydrogen-bond acceptors (Lipinski definition) is 10. The normalized spacial score (nSPS) is 18.7. The summed E-state index contributed by atoms with van der Waals surface area (Å²) in [6.07, 6.45) is 5.29. The van der Waals surface area contributed by atoms with Gasteiger partial charge in [0.2, 0.25) is 0 Å². The molecule has 0 bridgehead atoms. The van der Waals surface area contributed by atoms with Crippen LogP contribution in [0.25, 0.3) is 6.08 Å². The Labute approximate surface area is 329 Å². The Balaban J connectivity index is 1.68. The fraction of sp³-hybridized carbons (Fsp3) is 0.455. The molecule has 4 rings (SSSR count). The van der Waals surface area contributed by atoms with E-state index >= 15 is 0 Å². The van der Waals surface area contributed by atoms with Gasteiger partial charge in [-0.2, -0.15) is 0 Å². The first-order chi connectivity index (χ1) is 26.6. The van der Waals surface area contributed by atoms with E-state index in [0.29, 0.717) is 23.3 Å². The Morgan fingerprint density at radius 1 is 0.945 bits per heavy atom. The van der Waals surface area contributed by atoms with Gasteiger partial charge in [-0.1, -0.05) is 88.4 Å². The minimum atomic E-state index is -1.48. The number of methoxy groups -OCH3 is 2. The van der Waals surface area contributed by atoms with Gasteiger partial charge in [-0.3, -0.25) is 0 Å². The Hall–Kier alpha value is -4.42. The van der Waals surface area contributed by atoms with Crippen LogP contribution in [-0.2, 0) is 30.3 Å². The summed E-state index contributed by atoms with van der Waals surface area (Å²) in [5.74, 6) is -0.631. The lowest BCUT2D eigenvalue weighted by molar-refractivity contribution is -0.152. The first-order valence-electron chi connectivity index (χ1n) is 19.3. The van der Waals surface area contributed by atoms with E-state index in [2.05, 4.69) is 19.6 Å². The molecular formula is C44H58O10Si. The molecule has 1 saturated heterocycles. The average Bonchev–Trinajstić information content (AvgIpc) is 3.47. The molecule has 1 fully saturated rings. The molecular weight excluding hydrogens is 717 g/mol. The molecule has 5 atom stereocenters. The third-order valence-electron chi connectivity index (χ3n) is 8.89. The highest BCUT2D eigenvalue weighted by Crippen LogP contribution is 2.36. The molecule has 3 aromatic carbocycles. The Kier molecular flexibility index (Phi) is 15.5. The van der Waals surface area contributed by atoms with E-state index in [1.165, 1.54) is 7.11 Å². The first kappa shape index (κ1) is 41.7. The number of hydrogen-bond donors (Lipinski definition) is 0. The summed E-state index contributed by atoms with van der Waals surface area (Å²) in [4.78, 5) is 27.1. The van der Waals surface area contributed by atoms with Crippen LogP contribution in [0.5, 0.6) is 17.2 Å². The molecule has 0 saturated carbocycles. The molecule has 0 spiro atoms. The largest absolute Gasteiger partial charge is 0.497 e. The second kappa shape index (κ2) is 20.5. The smallest absolute Gasteiger partial charge is 0.342 e. The van der Waals surface area contributed by atoms with Gasteiger partial charge in [0.05, 0.1) is 25.4 Å². The molecule has 0 aromatic heterocycles. The van der Waals surface area contributed by atoms with Gasteiger partial charge < -0.3 is 37.9 Å². The molecule has 55 heavy (non-hydrogen) atoms. The van der Waals surface area contributed by atoms with Gasteiger partial charge in [0.25, 0.3) is 0 Å². The molecule has 11 heteroatoms. The second-order valence-corrected chi connectivity index (χ2v) is 20.7. The molecule has 298 valence electrons. The standard InChI is InChI=1S/C44H58O10Si/c1-10-31(2)19-24-37(52-42(45)33-15-12-11-13-16-33)41-38(53-44(3,4)54-41)18-14-17-34-27-36(50-29-32-20-22-35(48-6)23-21-32)28-39(51-30-47-5)40(34)43(46)49-25-26-55(7,8)9/h11-17,19-24,27-28,31,37-38,41H,10,18,25-26,29-30H2,1-9H3/b17-14+,24-19-/t31?,37?,38-,41?/m0/s1/i10T/t10?,31?,37?,38-,41?. The van der Waals surface area contributed by atoms with Gasteiger partial charge in [-0.05, 0) is 79.8 Å². The zero-order valence-electron chi connectivity index (χ0n) is 34.7. The molecule has 0 radical (unpaired) electrons. The van der Waals surface area contributed by atoms with E-state index in [1.807, 2.05) is 76.3 Å². The maximum absolute atomic E-state index is 13.8. The molecule has 0 N–H and O–H groups in total. The van der Waals surface area contributed by atoms with Crippen molar-refractivity contribution >= 4 is 26.1 Å². The van der Waals surface area contributed by atoms with Crippen LogP contribution in [0, 0.1) is 5.92 Å². The number of carbonyl (C=O) groups excluding carboxylic acids is 2. The molecule has 1 heterocycles. The van der Waals surface area contributed by atoms with Crippen LogP contribution in [0.15, 0.2) is 85.0 Å². The minimum absolute atomic E-state index is 0.0979. The summed E-state index contributed by atoms with van der Waals surface area (Å²) >= 11 is 0. The number of benzene rings is 3. The van der Waals surface area contributed by atoms with Gasteiger partial charge in [-0.25, -0.2) is 9.59 Å². The summed E-state index contributed by atoms with van der Waals surface area (Å²) in [5, 5.41) is 0. The van der Waals surface area contributed by atoms with Crippen LogP contribution in [0.1, 0.15) is 73.7 Å². The van der Waals surface area contributed by atoms with Crippen LogP contribution in [0.2, 0.25) is 25.7 Å². The van der Waals surface area contributed by atoms with Crippen molar-refractivity contribution in [2.45, 2.75) is 96.9 Å². The Bertz CT molecular complexity index is 1770. The summed E-state index contributed by atoms with van der Waals surface area (Å²) in [5.41, 5.74) is 2.09. The van der Waals surface area contributed by atoms with Crippen molar-refractivity contribution in [2.24, 2.45) is 5.92 Å². The van der Waals surface area contributed by atoms with Gasteiger partial charge in [0, 0.05) is 22.6 Å². The van der Waals surface area contributed by atoms with Gasteiger partial charge in [-0.15, -0.1) is 0 Å². The number of carbonyl (C=O) groups is 2. The van der Waals surface area contributed by atoms with Crippen molar-refractivity contribution < 1.29 is 48.9 Å². The molecule has 1 aliphatic heterocycles.